The van der Waals surface area contributed by atoms with Gasteiger partial charge in [-0.05, 0) is 35.6 Å². The van der Waals surface area contributed by atoms with Crippen LogP contribution in [0.4, 0.5) is 10.5 Å². The molecule has 1 amide bonds. The summed E-state index contributed by atoms with van der Waals surface area (Å²) in [7, 11) is 1.09. The number of likely N-dealkylation sites (N-methyl/N-ethyl adjacent to an activating group) is 1. The number of phosphoric acid groups is 1. The number of nitrogens with two attached hydrogens (primary N) is 1. The second kappa shape index (κ2) is 16.5. The first-order chi connectivity index (χ1) is 20.3. The number of carbonyl (C=O) groups excluding carboxylic acids is 1. The van der Waals surface area contributed by atoms with Crippen molar-refractivity contribution in [2.45, 2.75) is 51.5 Å². The smallest absolute Gasteiger partial charge is 0.407 e. The normalized spacial score (nSPS) is 18.4. The van der Waals surface area contributed by atoms with Crippen molar-refractivity contribution < 1.29 is 37.3 Å². The number of carbonyl (C=O) groups is 1. The molecule has 0 aliphatic carbocycles. The Morgan fingerprint density at radius 3 is 2.42 bits per heavy atom. The maximum Gasteiger partial charge on any atom is 0.407 e. The monoisotopic (exact) mass is 620 g/mol. The molecular weight excluding hydrogens is 571 g/mol. The van der Waals surface area contributed by atoms with Crippen molar-refractivity contribution in [2.24, 2.45) is 5.92 Å². The Balaban J connectivity index is 1.90. The lowest BCUT2D eigenvalue weighted by Gasteiger charge is -2.37. The van der Waals surface area contributed by atoms with E-state index in [9.17, 15) is 14.3 Å². The molecule has 1 aliphatic heterocycles. The fourth-order valence-corrected chi connectivity index (χ4v) is 5.71. The summed E-state index contributed by atoms with van der Waals surface area (Å²) in [6.07, 6.45) is -1.06. The van der Waals surface area contributed by atoms with E-state index in [1.807, 2.05) is 75.7 Å². The Hall–Kier alpha value is -2.50. The largest absolute Gasteiger partial charge is 0.756 e. The third kappa shape index (κ3) is 13.8. The molecule has 0 bridgehead atoms. The fraction of sp³-hybridized carbons (Fsp3) is 0.581. The van der Waals surface area contributed by atoms with Crippen LogP contribution in [0.15, 0.2) is 54.6 Å². The van der Waals surface area contributed by atoms with Gasteiger partial charge < -0.3 is 38.9 Å². The fourth-order valence-electron chi connectivity index (χ4n) is 4.80. The van der Waals surface area contributed by atoms with Gasteiger partial charge in [0.1, 0.15) is 19.3 Å². The van der Waals surface area contributed by atoms with E-state index in [0.29, 0.717) is 55.9 Å². The Kier molecular flexibility index (Phi) is 13.5. The molecule has 43 heavy (non-hydrogen) atoms. The van der Waals surface area contributed by atoms with Crippen molar-refractivity contribution in [2.75, 3.05) is 66.3 Å². The Labute approximate surface area is 256 Å². The van der Waals surface area contributed by atoms with Crippen molar-refractivity contribution in [3.63, 3.8) is 0 Å². The molecule has 2 aromatic rings. The molecule has 1 heterocycles. The van der Waals surface area contributed by atoms with Crippen molar-refractivity contribution in [3.05, 3.63) is 65.7 Å². The molecule has 1 saturated heterocycles. The number of nitrogens with zero attached hydrogens (tertiary/aromatic N) is 2. The van der Waals surface area contributed by atoms with E-state index in [1.165, 1.54) is 0 Å². The second-order valence-corrected chi connectivity index (χ2v) is 14.0. The van der Waals surface area contributed by atoms with Crippen LogP contribution in [0.3, 0.4) is 0 Å². The highest BCUT2D eigenvalue weighted by molar-refractivity contribution is 7.45. The molecule has 0 radical (unpaired) electrons. The van der Waals surface area contributed by atoms with E-state index in [2.05, 4.69) is 24.1 Å². The number of rotatable bonds is 17. The SMILES string of the molecule is CC(C)CN(Cc1ccc(N)cc1)C[C@@H](OP(=O)([O-])OCC[N+](C)(C)C)[C@H](Cc1ccccc1)NC(=O)O[C@H]1CCOC1. The molecule has 11 nitrogen and oxygen atoms in total. The van der Waals surface area contributed by atoms with Gasteiger partial charge in [-0.1, -0.05) is 56.3 Å². The summed E-state index contributed by atoms with van der Waals surface area (Å²) in [5, 5.41) is 2.92. The summed E-state index contributed by atoms with van der Waals surface area (Å²) in [4.78, 5) is 28.4. The van der Waals surface area contributed by atoms with Gasteiger partial charge in [-0.25, -0.2) is 4.79 Å². The maximum absolute atomic E-state index is 13.2. The first kappa shape index (κ1) is 35.0. The van der Waals surface area contributed by atoms with Gasteiger partial charge in [0.25, 0.3) is 7.82 Å². The van der Waals surface area contributed by atoms with Crippen LogP contribution < -0.4 is 15.9 Å². The summed E-state index contributed by atoms with van der Waals surface area (Å²) >= 11 is 0. The summed E-state index contributed by atoms with van der Waals surface area (Å²) < 4.78 is 35.9. The molecule has 0 aromatic heterocycles. The van der Waals surface area contributed by atoms with Crippen LogP contribution in [0, 0.1) is 5.92 Å². The molecule has 2 aromatic carbocycles. The zero-order chi connectivity index (χ0) is 31.5. The predicted octanol–water partition coefficient (Wildman–Crippen LogP) is 3.43. The minimum absolute atomic E-state index is 0.0291. The van der Waals surface area contributed by atoms with Gasteiger partial charge in [-0.15, -0.1) is 0 Å². The van der Waals surface area contributed by atoms with Crippen molar-refractivity contribution in [1.29, 1.82) is 0 Å². The van der Waals surface area contributed by atoms with E-state index in [1.54, 1.807) is 0 Å². The number of ether oxygens (including phenoxy) is 2. The molecule has 1 fully saturated rings. The second-order valence-electron chi connectivity index (χ2n) is 12.6. The zero-order valence-electron chi connectivity index (χ0n) is 26.1. The lowest BCUT2D eigenvalue weighted by atomic mass is 10.0. The molecule has 3 rings (SSSR count). The van der Waals surface area contributed by atoms with Gasteiger partial charge >= 0.3 is 6.09 Å². The lowest BCUT2D eigenvalue weighted by molar-refractivity contribution is -0.870. The standard InChI is InChI=1S/C31H49N4O7P/c1-24(2)20-34(21-26-11-13-27(32)14-12-26)22-30(42-43(37,38)40-18-16-35(3,4)5)29(19-25-9-7-6-8-10-25)33-31(36)41-28-15-17-39-23-28/h6-14,24,28-30H,15-23,32H2,1-5H3,(H-,33,36,37,38)/t28-,29-,30+/m0/s1. The first-order valence-electron chi connectivity index (χ1n) is 14.9. The van der Waals surface area contributed by atoms with Gasteiger partial charge in [0.05, 0.1) is 46.5 Å². The third-order valence-corrected chi connectivity index (χ3v) is 7.96. The van der Waals surface area contributed by atoms with Crippen molar-refractivity contribution in [1.82, 2.24) is 10.2 Å². The van der Waals surface area contributed by atoms with Crippen molar-refractivity contribution >= 4 is 19.6 Å². The number of hydrogen-bond acceptors (Lipinski definition) is 9. The Morgan fingerprint density at radius 2 is 1.81 bits per heavy atom. The number of amides is 1. The quantitative estimate of drug-likeness (QED) is 0.155. The van der Waals surface area contributed by atoms with Gasteiger partial charge in [-0.2, -0.15) is 0 Å². The number of alkyl carbamates (subject to hydrolysis) is 1. The van der Waals surface area contributed by atoms with E-state index in [4.69, 9.17) is 24.3 Å². The molecule has 4 atom stereocenters. The topological polar surface area (TPSA) is 135 Å². The highest BCUT2D eigenvalue weighted by Crippen LogP contribution is 2.41. The van der Waals surface area contributed by atoms with Gasteiger partial charge in [-0.3, -0.25) is 9.46 Å². The van der Waals surface area contributed by atoms with E-state index in [0.717, 1.165) is 11.1 Å². The zero-order valence-corrected chi connectivity index (χ0v) is 27.0. The average Bonchev–Trinajstić information content (AvgIpc) is 3.41. The molecule has 1 aliphatic rings. The van der Waals surface area contributed by atoms with Crippen molar-refractivity contribution in [3.8, 4) is 0 Å². The minimum atomic E-state index is -4.76. The van der Waals surface area contributed by atoms with Crippen LogP contribution >= 0.6 is 7.82 Å². The number of nitrogen functional groups attached to an aromatic ring is 1. The third-order valence-electron chi connectivity index (χ3n) is 6.94. The van der Waals surface area contributed by atoms with Gasteiger partial charge in [0.15, 0.2) is 0 Å². The Morgan fingerprint density at radius 1 is 1.12 bits per heavy atom. The summed E-state index contributed by atoms with van der Waals surface area (Å²) in [6.45, 7) is 6.89. The van der Waals surface area contributed by atoms with Crippen LogP contribution in [-0.2, 0) is 36.1 Å². The number of quaternary nitrogens is 1. The number of nitrogens with one attached hydrogen (secondary N) is 1. The maximum atomic E-state index is 13.2. The molecule has 0 saturated carbocycles. The first-order valence-corrected chi connectivity index (χ1v) is 16.3. The number of phosphoric ester groups is 1. The summed E-state index contributed by atoms with van der Waals surface area (Å²) in [5.41, 5.74) is 8.49. The molecule has 3 N–H and O–H groups in total. The molecule has 1 unspecified atom stereocenters. The van der Waals surface area contributed by atoms with E-state index >= 15 is 0 Å². The number of anilines is 1. The van der Waals surface area contributed by atoms with E-state index < -0.39 is 26.1 Å². The molecule has 0 spiro atoms. The molecule has 12 heteroatoms. The average molecular weight is 621 g/mol. The molecule has 240 valence electrons. The van der Waals surface area contributed by atoms with Gasteiger partial charge in [0.2, 0.25) is 0 Å². The highest BCUT2D eigenvalue weighted by atomic mass is 31.2. The highest BCUT2D eigenvalue weighted by Gasteiger charge is 2.32. The summed E-state index contributed by atoms with van der Waals surface area (Å²) in [6, 6.07) is 16.4. The number of hydrogen-bond donors (Lipinski definition) is 2. The molecular formula is C31H49N4O7P. The Bertz CT molecular complexity index is 1150. The van der Waals surface area contributed by atoms with Crippen LogP contribution in [0.1, 0.15) is 31.4 Å². The minimum Gasteiger partial charge on any atom is -0.756 e. The van der Waals surface area contributed by atoms with E-state index in [-0.39, 0.29) is 25.2 Å². The summed E-state index contributed by atoms with van der Waals surface area (Å²) in [5.74, 6) is 0.280. The van der Waals surface area contributed by atoms with Crippen LogP contribution in [0.25, 0.3) is 0 Å². The van der Waals surface area contributed by atoms with Crippen LogP contribution in [0.2, 0.25) is 0 Å². The van der Waals surface area contributed by atoms with Gasteiger partial charge in [0, 0.05) is 31.7 Å². The predicted molar refractivity (Wildman–Crippen MR) is 165 cm³/mol. The lowest BCUT2D eigenvalue weighted by Crippen LogP contribution is -2.51. The van der Waals surface area contributed by atoms with Crippen LogP contribution in [-0.4, -0.2) is 94.3 Å². The van der Waals surface area contributed by atoms with Crippen LogP contribution in [0.5, 0.6) is 0 Å². The number of benzene rings is 2.